The fraction of sp³-hybridized carbons (Fsp3) is 0.333. The molecule has 86 valence electrons. The number of carbonyl (C=O) groups is 1. The number of rotatable bonds is 3. The molecule has 0 aromatic carbocycles. The third-order valence-corrected chi connectivity index (χ3v) is 2.19. The van der Waals surface area contributed by atoms with Gasteiger partial charge in [0.2, 0.25) is 0 Å². The highest BCUT2D eigenvalue weighted by atomic mass is 16.6. The van der Waals surface area contributed by atoms with Crippen molar-refractivity contribution in [3.8, 4) is 0 Å². The lowest BCUT2D eigenvalue weighted by Crippen LogP contribution is -2.29. The number of pyridine rings is 1. The second kappa shape index (κ2) is 4.13. The van der Waals surface area contributed by atoms with Crippen LogP contribution in [-0.4, -0.2) is 20.6 Å². The molecule has 1 rings (SSSR count). The van der Waals surface area contributed by atoms with E-state index in [-0.39, 0.29) is 11.3 Å². The quantitative estimate of drug-likeness (QED) is 0.603. The molecule has 1 heterocycles. The average Bonchev–Trinajstić information content (AvgIpc) is 2.20. The van der Waals surface area contributed by atoms with Crippen LogP contribution in [0.15, 0.2) is 17.1 Å². The minimum absolute atomic E-state index is 0.141. The van der Waals surface area contributed by atoms with Gasteiger partial charge in [-0.05, 0) is 13.8 Å². The van der Waals surface area contributed by atoms with Crippen LogP contribution in [0.25, 0.3) is 0 Å². The largest absolute Gasteiger partial charge is 0.480 e. The van der Waals surface area contributed by atoms with Crippen molar-refractivity contribution < 1.29 is 14.8 Å². The maximum atomic E-state index is 11.6. The topological polar surface area (TPSA) is 102 Å². The van der Waals surface area contributed by atoms with Crippen molar-refractivity contribution in [3.63, 3.8) is 0 Å². The first kappa shape index (κ1) is 11.9. The van der Waals surface area contributed by atoms with Gasteiger partial charge < -0.3 is 5.11 Å². The molecule has 0 saturated heterocycles. The van der Waals surface area contributed by atoms with Crippen molar-refractivity contribution in [1.29, 1.82) is 0 Å². The molecule has 0 fully saturated rings. The Morgan fingerprint density at radius 1 is 1.62 bits per heavy atom. The number of nitro groups is 1. The smallest absolute Gasteiger partial charge is 0.326 e. The lowest BCUT2D eigenvalue weighted by molar-refractivity contribution is -0.385. The first-order valence-corrected chi connectivity index (χ1v) is 4.44. The fourth-order valence-corrected chi connectivity index (χ4v) is 1.23. The third-order valence-electron chi connectivity index (χ3n) is 2.19. The third kappa shape index (κ3) is 2.08. The van der Waals surface area contributed by atoms with E-state index < -0.39 is 22.5 Å². The zero-order valence-electron chi connectivity index (χ0n) is 8.71. The van der Waals surface area contributed by atoms with Crippen LogP contribution in [0.1, 0.15) is 18.5 Å². The lowest BCUT2D eigenvalue weighted by Gasteiger charge is -2.10. The Labute approximate surface area is 90.1 Å². The lowest BCUT2D eigenvalue weighted by atomic mass is 10.2. The van der Waals surface area contributed by atoms with Gasteiger partial charge in [-0.3, -0.25) is 19.5 Å². The van der Waals surface area contributed by atoms with E-state index in [1.54, 1.807) is 0 Å². The molecule has 1 aromatic rings. The van der Waals surface area contributed by atoms with Gasteiger partial charge in [-0.1, -0.05) is 0 Å². The van der Waals surface area contributed by atoms with Crippen LogP contribution in [0.5, 0.6) is 0 Å². The highest BCUT2D eigenvalue weighted by Crippen LogP contribution is 2.13. The maximum absolute atomic E-state index is 11.6. The fourth-order valence-electron chi connectivity index (χ4n) is 1.23. The summed E-state index contributed by atoms with van der Waals surface area (Å²) in [5.41, 5.74) is -0.701. The Kier molecular flexibility index (Phi) is 3.07. The van der Waals surface area contributed by atoms with Gasteiger partial charge in [0.15, 0.2) is 0 Å². The molecule has 7 heteroatoms. The van der Waals surface area contributed by atoms with Gasteiger partial charge in [-0.25, -0.2) is 4.79 Å². The van der Waals surface area contributed by atoms with Crippen molar-refractivity contribution >= 4 is 11.7 Å². The molecule has 1 aromatic heterocycles. The molecule has 1 unspecified atom stereocenters. The molecule has 1 atom stereocenters. The second-order valence-corrected chi connectivity index (χ2v) is 3.37. The molecule has 0 amide bonds. The summed E-state index contributed by atoms with van der Waals surface area (Å²) in [6.45, 7) is 2.69. The number of aliphatic carboxylic acids is 1. The molecule has 0 aliphatic heterocycles. The minimum atomic E-state index is -1.22. The Morgan fingerprint density at radius 2 is 2.19 bits per heavy atom. The first-order valence-electron chi connectivity index (χ1n) is 4.44. The predicted molar refractivity (Wildman–Crippen MR) is 54.4 cm³/mol. The molecule has 0 aliphatic carbocycles. The number of carboxylic acid groups (broad SMARTS) is 1. The maximum Gasteiger partial charge on any atom is 0.326 e. The van der Waals surface area contributed by atoms with Gasteiger partial charge in [0.1, 0.15) is 6.04 Å². The van der Waals surface area contributed by atoms with Gasteiger partial charge in [0.25, 0.3) is 11.2 Å². The summed E-state index contributed by atoms with van der Waals surface area (Å²) in [6, 6.07) is -0.0148. The van der Waals surface area contributed by atoms with E-state index in [0.717, 1.165) is 16.8 Å². The van der Waals surface area contributed by atoms with Gasteiger partial charge in [-0.2, -0.15) is 0 Å². The zero-order chi connectivity index (χ0) is 12.5. The zero-order valence-corrected chi connectivity index (χ0v) is 8.71. The number of aromatic nitrogens is 1. The molecule has 0 bridgehead atoms. The van der Waals surface area contributed by atoms with Crippen molar-refractivity contribution in [2.45, 2.75) is 19.9 Å². The number of nitrogens with zero attached hydrogens (tertiary/aromatic N) is 2. The molecule has 0 radical (unpaired) electrons. The summed E-state index contributed by atoms with van der Waals surface area (Å²) in [5, 5.41) is 19.3. The van der Waals surface area contributed by atoms with Crippen LogP contribution in [0, 0.1) is 17.0 Å². The first-order chi connectivity index (χ1) is 7.34. The molecule has 0 saturated carbocycles. The molecular weight excluding hydrogens is 216 g/mol. The molecular formula is C9H10N2O5. The van der Waals surface area contributed by atoms with E-state index in [4.69, 9.17) is 5.11 Å². The highest BCUT2D eigenvalue weighted by molar-refractivity contribution is 5.71. The van der Waals surface area contributed by atoms with Gasteiger partial charge in [0.05, 0.1) is 11.1 Å². The van der Waals surface area contributed by atoms with Crippen LogP contribution in [-0.2, 0) is 4.79 Å². The number of hydrogen-bond donors (Lipinski definition) is 1. The standard InChI is InChI=1S/C9H10N2O5/c1-5-3-7(11(15)16)4-10(8(5)12)6(2)9(13)14/h3-4,6H,1-2H3,(H,13,14). The minimum Gasteiger partial charge on any atom is -0.480 e. The molecule has 0 aliphatic rings. The predicted octanol–water partition coefficient (Wildman–Crippen LogP) is 0.711. The Balaban J connectivity index is 3.44. The van der Waals surface area contributed by atoms with Crippen LogP contribution in [0.4, 0.5) is 5.69 Å². The summed E-state index contributed by atoms with van der Waals surface area (Å²) >= 11 is 0. The molecule has 0 spiro atoms. The van der Waals surface area contributed by atoms with Crippen LogP contribution < -0.4 is 5.56 Å². The van der Waals surface area contributed by atoms with Crippen LogP contribution in [0.3, 0.4) is 0 Å². The van der Waals surface area contributed by atoms with E-state index >= 15 is 0 Å². The number of carboxylic acids is 1. The van der Waals surface area contributed by atoms with E-state index in [1.807, 2.05) is 0 Å². The van der Waals surface area contributed by atoms with E-state index in [2.05, 4.69) is 0 Å². The number of hydrogen-bond acceptors (Lipinski definition) is 4. The van der Waals surface area contributed by atoms with Crippen molar-refractivity contribution in [2.75, 3.05) is 0 Å². The van der Waals surface area contributed by atoms with Crippen molar-refractivity contribution in [1.82, 2.24) is 4.57 Å². The second-order valence-electron chi connectivity index (χ2n) is 3.37. The normalized spacial score (nSPS) is 12.1. The Morgan fingerprint density at radius 3 is 2.62 bits per heavy atom. The Hall–Kier alpha value is -2.18. The summed E-state index contributed by atoms with van der Waals surface area (Å²) < 4.78 is 0.843. The molecule has 16 heavy (non-hydrogen) atoms. The average molecular weight is 226 g/mol. The summed E-state index contributed by atoms with van der Waals surface area (Å²) in [6.07, 6.45) is 0.939. The van der Waals surface area contributed by atoms with Gasteiger partial charge in [-0.15, -0.1) is 0 Å². The van der Waals surface area contributed by atoms with E-state index in [1.165, 1.54) is 13.8 Å². The highest BCUT2D eigenvalue weighted by Gasteiger charge is 2.19. The Bertz CT molecular complexity index is 505. The van der Waals surface area contributed by atoms with Crippen LogP contribution in [0.2, 0.25) is 0 Å². The SMILES string of the molecule is Cc1cc([N+](=O)[O-])cn(C(C)C(=O)O)c1=O. The number of aryl methyl sites for hydroxylation is 1. The molecule has 1 N–H and O–H groups in total. The van der Waals surface area contributed by atoms with E-state index in [0.29, 0.717) is 0 Å². The van der Waals surface area contributed by atoms with Crippen molar-refractivity contribution in [2.24, 2.45) is 0 Å². The van der Waals surface area contributed by atoms with Gasteiger partial charge in [0, 0.05) is 11.6 Å². The summed E-state index contributed by atoms with van der Waals surface area (Å²) in [4.78, 5) is 32.2. The summed E-state index contributed by atoms with van der Waals surface area (Å²) in [7, 11) is 0. The monoisotopic (exact) mass is 226 g/mol. The van der Waals surface area contributed by atoms with E-state index in [9.17, 15) is 19.7 Å². The van der Waals surface area contributed by atoms with Gasteiger partial charge >= 0.3 is 5.97 Å². The van der Waals surface area contributed by atoms with Crippen LogP contribution >= 0.6 is 0 Å². The molecule has 7 nitrogen and oxygen atoms in total. The summed E-state index contributed by atoms with van der Waals surface area (Å²) in [5.74, 6) is -1.22. The van der Waals surface area contributed by atoms with Crippen molar-refractivity contribution in [3.05, 3.63) is 38.3 Å².